The molecule has 3 aromatic carbocycles. The molecule has 0 atom stereocenters. The van der Waals surface area contributed by atoms with E-state index in [1.807, 2.05) is 30.3 Å². The molecule has 0 aliphatic carbocycles. The van der Waals surface area contributed by atoms with Gasteiger partial charge in [0, 0.05) is 0 Å². The number of halogens is 1. The van der Waals surface area contributed by atoms with Gasteiger partial charge in [-0.3, -0.25) is 20.2 Å². The van der Waals surface area contributed by atoms with Gasteiger partial charge in [-0.25, -0.2) is 4.79 Å². The summed E-state index contributed by atoms with van der Waals surface area (Å²) in [5.41, 5.74) is 0.773. The molecule has 2 N–H and O–H groups in total. The van der Waals surface area contributed by atoms with Crippen molar-refractivity contribution in [2.45, 2.75) is 0 Å². The molecule has 1 aliphatic rings. The minimum Gasteiger partial charge on any atom is -0.493 e. The number of rotatable bonds is 4. The first kappa shape index (κ1) is 21.7. The highest BCUT2D eigenvalue weighted by molar-refractivity contribution is 9.10. The van der Waals surface area contributed by atoms with Crippen LogP contribution >= 0.6 is 28.1 Å². The molecule has 9 heteroatoms. The Kier molecular flexibility index (Phi) is 6.02. The molecule has 160 valence electrons. The average molecular weight is 511 g/mol. The van der Waals surface area contributed by atoms with Crippen molar-refractivity contribution in [1.29, 1.82) is 0 Å². The van der Waals surface area contributed by atoms with Crippen LogP contribution in [0.2, 0.25) is 0 Å². The number of esters is 1. The second-order valence-electron chi connectivity index (χ2n) is 6.75. The number of nitrogens with one attached hydrogen (secondary N) is 2. The van der Waals surface area contributed by atoms with Gasteiger partial charge in [0.1, 0.15) is 5.57 Å². The van der Waals surface area contributed by atoms with Crippen molar-refractivity contribution in [2.24, 2.45) is 0 Å². The lowest BCUT2D eigenvalue weighted by molar-refractivity contribution is -0.123. The van der Waals surface area contributed by atoms with Crippen LogP contribution in [-0.2, 0) is 9.59 Å². The van der Waals surface area contributed by atoms with Crippen molar-refractivity contribution in [3.8, 4) is 11.5 Å². The molecule has 3 aromatic rings. The minimum atomic E-state index is -0.611. The number of ether oxygens (including phenoxy) is 2. The highest BCUT2D eigenvalue weighted by Gasteiger charge is 2.26. The van der Waals surface area contributed by atoms with Gasteiger partial charge in [0.05, 0.1) is 17.1 Å². The molecule has 0 radical (unpaired) electrons. The summed E-state index contributed by atoms with van der Waals surface area (Å²) in [5.74, 6) is -1.36. The Morgan fingerprint density at radius 3 is 2.44 bits per heavy atom. The van der Waals surface area contributed by atoms with Crippen LogP contribution in [0.4, 0.5) is 0 Å². The summed E-state index contributed by atoms with van der Waals surface area (Å²) < 4.78 is 11.5. The van der Waals surface area contributed by atoms with Crippen LogP contribution in [0.3, 0.4) is 0 Å². The fourth-order valence-electron chi connectivity index (χ4n) is 3.25. The highest BCUT2D eigenvalue weighted by Crippen LogP contribution is 2.38. The van der Waals surface area contributed by atoms with Gasteiger partial charge in [-0.2, -0.15) is 0 Å². The first-order chi connectivity index (χ1) is 15.4. The van der Waals surface area contributed by atoms with Gasteiger partial charge in [-0.1, -0.05) is 36.4 Å². The standard InChI is InChI=1S/C23H15BrN2O5S/c1-30-18-11-12(9-16-20(27)25-23(32)26-21(16)28)10-17(24)19(18)31-22(29)15-8-4-6-13-5-2-3-7-14(13)15/h2-11H,1H3,(H2,25,26,27,28,32). The lowest BCUT2D eigenvalue weighted by Crippen LogP contribution is -2.51. The zero-order chi connectivity index (χ0) is 22.8. The number of methoxy groups -OCH3 is 1. The van der Waals surface area contributed by atoms with Crippen LogP contribution in [0.15, 0.2) is 64.6 Å². The summed E-state index contributed by atoms with van der Waals surface area (Å²) in [4.78, 5) is 37.1. The number of fused-ring (bicyclic) bond motifs is 1. The second kappa shape index (κ2) is 8.89. The summed E-state index contributed by atoms with van der Waals surface area (Å²) in [6, 6.07) is 16.0. The largest absolute Gasteiger partial charge is 0.493 e. The van der Waals surface area contributed by atoms with E-state index in [0.29, 0.717) is 15.6 Å². The minimum absolute atomic E-state index is 0.0494. The number of benzene rings is 3. The summed E-state index contributed by atoms with van der Waals surface area (Å²) in [7, 11) is 1.42. The van der Waals surface area contributed by atoms with E-state index in [0.717, 1.165) is 10.8 Å². The predicted molar refractivity (Wildman–Crippen MR) is 126 cm³/mol. The molecule has 1 saturated heterocycles. The summed E-state index contributed by atoms with van der Waals surface area (Å²) in [6.07, 6.45) is 1.38. The molecule has 32 heavy (non-hydrogen) atoms. The third-order valence-electron chi connectivity index (χ3n) is 4.71. The summed E-state index contributed by atoms with van der Waals surface area (Å²) >= 11 is 8.18. The first-order valence-corrected chi connectivity index (χ1v) is 10.5. The van der Waals surface area contributed by atoms with E-state index >= 15 is 0 Å². The Morgan fingerprint density at radius 1 is 1.03 bits per heavy atom. The van der Waals surface area contributed by atoms with E-state index in [9.17, 15) is 14.4 Å². The number of carbonyl (C=O) groups excluding carboxylic acids is 3. The molecule has 1 heterocycles. The molecular formula is C23H15BrN2O5S. The lowest BCUT2D eigenvalue weighted by Gasteiger charge is -2.17. The van der Waals surface area contributed by atoms with E-state index in [1.165, 1.54) is 13.2 Å². The number of amides is 2. The smallest absolute Gasteiger partial charge is 0.344 e. The highest BCUT2D eigenvalue weighted by atomic mass is 79.9. The van der Waals surface area contributed by atoms with Gasteiger partial charge in [-0.15, -0.1) is 0 Å². The van der Waals surface area contributed by atoms with Gasteiger partial charge >= 0.3 is 5.97 Å². The second-order valence-corrected chi connectivity index (χ2v) is 8.01. The molecule has 0 spiro atoms. The number of thiocarbonyl (C=S) groups is 1. The van der Waals surface area contributed by atoms with Crippen LogP contribution in [0.25, 0.3) is 16.8 Å². The first-order valence-electron chi connectivity index (χ1n) is 9.33. The number of hydrogen-bond acceptors (Lipinski definition) is 6. The van der Waals surface area contributed by atoms with Crippen molar-refractivity contribution in [2.75, 3.05) is 7.11 Å². The zero-order valence-electron chi connectivity index (χ0n) is 16.6. The maximum absolute atomic E-state index is 12.9. The summed E-state index contributed by atoms with van der Waals surface area (Å²) in [5, 5.41) is 6.38. The average Bonchev–Trinajstić information content (AvgIpc) is 2.77. The van der Waals surface area contributed by atoms with Crippen LogP contribution in [-0.4, -0.2) is 30.0 Å². The van der Waals surface area contributed by atoms with E-state index in [-0.39, 0.29) is 22.2 Å². The van der Waals surface area contributed by atoms with Gasteiger partial charge in [-0.05, 0) is 68.8 Å². The van der Waals surface area contributed by atoms with E-state index < -0.39 is 17.8 Å². The molecule has 0 saturated carbocycles. The van der Waals surface area contributed by atoms with Gasteiger partial charge < -0.3 is 9.47 Å². The Labute approximate surface area is 196 Å². The Balaban J connectivity index is 1.68. The number of hydrogen-bond donors (Lipinski definition) is 2. The quantitative estimate of drug-likeness (QED) is 0.182. The fourth-order valence-corrected chi connectivity index (χ4v) is 3.97. The van der Waals surface area contributed by atoms with E-state index in [1.54, 1.807) is 24.3 Å². The maximum atomic E-state index is 12.9. The normalized spacial score (nSPS) is 13.4. The summed E-state index contributed by atoms with van der Waals surface area (Å²) in [6.45, 7) is 0. The molecule has 4 rings (SSSR count). The molecule has 0 aromatic heterocycles. The van der Waals surface area contributed by atoms with Gasteiger partial charge in [0.25, 0.3) is 11.8 Å². The SMILES string of the molecule is COc1cc(C=C2C(=O)NC(=S)NC2=O)cc(Br)c1OC(=O)c1cccc2ccccc12. The van der Waals surface area contributed by atoms with Crippen LogP contribution in [0.5, 0.6) is 11.5 Å². The molecule has 0 bridgehead atoms. The van der Waals surface area contributed by atoms with E-state index in [2.05, 4.69) is 26.6 Å². The molecule has 1 aliphatic heterocycles. The van der Waals surface area contributed by atoms with Crippen molar-refractivity contribution >= 4 is 67.9 Å². The molecular weight excluding hydrogens is 496 g/mol. The predicted octanol–water partition coefficient (Wildman–Crippen LogP) is 3.74. The van der Waals surface area contributed by atoms with Crippen molar-refractivity contribution in [1.82, 2.24) is 10.6 Å². The maximum Gasteiger partial charge on any atom is 0.344 e. The Hall–Kier alpha value is -3.56. The molecule has 2 amide bonds. The van der Waals surface area contributed by atoms with Crippen LogP contribution in [0, 0.1) is 0 Å². The fraction of sp³-hybridized carbons (Fsp3) is 0.0435. The van der Waals surface area contributed by atoms with Crippen molar-refractivity contribution in [3.63, 3.8) is 0 Å². The Morgan fingerprint density at radius 2 is 1.72 bits per heavy atom. The van der Waals surface area contributed by atoms with Crippen molar-refractivity contribution < 1.29 is 23.9 Å². The van der Waals surface area contributed by atoms with Gasteiger partial charge in [0.15, 0.2) is 16.6 Å². The van der Waals surface area contributed by atoms with E-state index in [4.69, 9.17) is 21.7 Å². The molecule has 1 fully saturated rings. The zero-order valence-corrected chi connectivity index (χ0v) is 19.0. The van der Waals surface area contributed by atoms with Crippen LogP contribution in [0.1, 0.15) is 15.9 Å². The van der Waals surface area contributed by atoms with Gasteiger partial charge in [0.2, 0.25) is 0 Å². The lowest BCUT2D eigenvalue weighted by atomic mass is 10.0. The van der Waals surface area contributed by atoms with Crippen LogP contribution < -0.4 is 20.1 Å². The third kappa shape index (κ3) is 4.25. The Bertz CT molecular complexity index is 1310. The third-order valence-corrected chi connectivity index (χ3v) is 5.50. The monoisotopic (exact) mass is 510 g/mol. The van der Waals surface area contributed by atoms with Crippen molar-refractivity contribution in [3.05, 3.63) is 75.8 Å². The topological polar surface area (TPSA) is 93.7 Å². The molecule has 0 unspecified atom stereocenters. The number of carbonyl (C=O) groups is 3. The molecule has 7 nitrogen and oxygen atoms in total.